The molecular formula is C27H29N3O3. The Bertz CT molecular complexity index is 1120. The van der Waals surface area contributed by atoms with Crippen molar-refractivity contribution in [1.82, 2.24) is 9.88 Å². The minimum Gasteiger partial charge on any atom is -0.484 e. The zero-order valence-corrected chi connectivity index (χ0v) is 19.1. The van der Waals surface area contributed by atoms with Crippen molar-refractivity contribution in [2.45, 2.75) is 32.6 Å². The molecule has 0 aliphatic carbocycles. The summed E-state index contributed by atoms with van der Waals surface area (Å²) in [7, 11) is 0. The Balaban J connectivity index is 1.40. The summed E-state index contributed by atoms with van der Waals surface area (Å²) in [6.45, 7) is 5.20. The largest absolute Gasteiger partial charge is 0.484 e. The van der Waals surface area contributed by atoms with Gasteiger partial charge < -0.3 is 15.0 Å². The molecule has 170 valence electrons. The third-order valence-electron chi connectivity index (χ3n) is 5.92. The van der Waals surface area contributed by atoms with E-state index < -0.39 is 0 Å². The molecule has 6 nitrogen and oxygen atoms in total. The van der Waals surface area contributed by atoms with Crippen LogP contribution in [-0.2, 0) is 4.79 Å². The molecule has 1 aliphatic heterocycles. The first-order valence-electron chi connectivity index (χ1n) is 11.3. The predicted octanol–water partition coefficient (Wildman–Crippen LogP) is 4.74. The Labute approximate surface area is 194 Å². The first-order chi connectivity index (χ1) is 16.0. The fraction of sp³-hybridized carbons (Fsp3) is 0.296. The van der Waals surface area contributed by atoms with Crippen molar-refractivity contribution >= 4 is 17.5 Å². The van der Waals surface area contributed by atoms with Gasteiger partial charge in [-0.1, -0.05) is 30.3 Å². The smallest absolute Gasteiger partial charge is 0.260 e. The maximum atomic E-state index is 13.1. The number of aromatic nitrogens is 1. The number of carbonyl (C=O) groups excluding carboxylic acids is 2. The molecule has 2 aromatic carbocycles. The highest BCUT2D eigenvalue weighted by Crippen LogP contribution is 2.30. The summed E-state index contributed by atoms with van der Waals surface area (Å²) in [5.74, 6) is 0.640. The van der Waals surface area contributed by atoms with Crippen LogP contribution in [0.25, 0.3) is 0 Å². The normalized spacial score (nSPS) is 14.1. The SMILES string of the molecule is Cc1cccc(NC(=O)c2ccc(C)nc2C2CCN(C(=O)COc3ccccc3)CC2)c1. The molecule has 33 heavy (non-hydrogen) atoms. The van der Waals surface area contributed by atoms with E-state index in [1.807, 2.05) is 85.5 Å². The van der Waals surface area contributed by atoms with Crippen LogP contribution in [0.5, 0.6) is 5.75 Å². The molecular weight excluding hydrogens is 414 g/mol. The van der Waals surface area contributed by atoms with Gasteiger partial charge in [-0.2, -0.15) is 0 Å². The van der Waals surface area contributed by atoms with Crippen LogP contribution in [-0.4, -0.2) is 41.4 Å². The van der Waals surface area contributed by atoms with Crippen molar-refractivity contribution < 1.29 is 14.3 Å². The highest BCUT2D eigenvalue weighted by atomic mass is 16.5. The maximum Gasteiger partial charge on any atom is 0.260 e. The Morgan fingerprint density at radius 3 is 2.48 bits per heavy atom. The number of aryl methyl sites for hydroxylation is 2. The van der Waals surface area contributed by atoms with E-state index in [4.69, 9.17) is 9.72 Å². The van der Waals surface area contributed by atoms with Gasteiger partial charge in [0.05, 0.1) is 11.3 Å². The van der Waals surface area contributed by atoms with E-state index in [1.54, 1.807) is 0 Å². The molecule has 0 atom stereocenters. The highest BCUT2D eigenvalue weighted by molar-refractivity contribution is 6.05. The first kappa shape index (κ1) is 22.5. The number of anilines is 1. The average Bonchev–Trinajstić information content (AvgIpc) is 2.83. The fourth-order valence-corrected chi connectivity index (χ4v) is 4.16. The number of amides is 2. The number of benzene rings is 2. The van der Waals surface area contributed by atoms with E-state index in [2.05, 4.69) is 5.32 Å². The summed E-state index contributed by atoms with van der Waals surface area (Å²) in [4.78, 5) is 32.2. The Hall–Kier alpha value is -3.67. The summed E-state index contributed by atoms with van der Waals surface area (Å²) in [6, 6.07) is 20.8. The molecule has 1 aromatic heterocycles. The van der Waals surface area contributed by atoms with E-state index in [0.717, 1.165) is 35.5 Å². The minimum absolute atomic E-state index is 0.0214. The predicted molar refractivity (Wildman–Crippen MR) is 129 cm³/mol. The number of nitrogens with one attached hydrogen (secondary N) is 1. The molecule has 0 saturated carbocycles. The van der Waals surface area contributed by atoms with Crippen LogP contribution in [0.4, 0.5) is 5.69 Å². The summed E-state index contributed by atoms with van der Waals surface area (Å²) in [6.07, 6.45) is 1.52. The molecule has 2 amide bonds. The van der Waals surface area contributed by atoms with Gasteiger partial charge in [0.1, 0.15) is 5.75 Å². The molecule has 0 unspecified atom stereocenters. The Kier molecular flexibility index (Phi) is 7.03. The quantitative estimate of drug-likeness (QED) is 0.598. The average molecular weight is 444 g/mol. The van der Waals surface area contributed by atoms with Gasteiger partial charge in [-0.3, -0.25) is 14.6 Å². The van der Waals surface area contributed by atoms with E-state index >= 15 is 0 Å². The number of nitrogens with zero attached hydrogens (tertiary/aromatic N) is 2. The van der Waals surface area contributed by atoms with Crippen LogP contribution in [0.3, 0.4) is 0 Å². The molecule has 0 radical (unpaired) electrons. The summed E-state index contributed by atoms with van der Waals surface area (Å²) in [5, 5.41) is 3.00. The number of para-hydroxylation sites is 1. The number of likely N-dealkylation sites (tertiary alicyclic amines) is 1. The molecule has 1 saturated heterocycles. The van der Waals surface area contributed by atoms with E-state index in [1.165, 1.54) is 0 Å². The lowest BCUT2D eigenvalue weighted by atomic mass is 9.89. The third kappa shape index (κ3) is 5.77. The number of rotatable bonds is 6. The molecule has 1 fully saturated rings. The van der Waals surface area contributed by atoms with Gasteiger partial charge in [-0.05, 0) is 68.7 Å². The van der Waals surface area contributed by atoms with Gasteiger partial charge >= 0.3 is 0 Å². The first-order valence-corrected chi connectivity index (χ1v) is 11.3. The van der Waals surface area contributed by atoms with Crippen molar-refractivity contribution in [3.63, 3.8) is 0 Å². The van der Waals surface area contributed by atoms with Crippen LogP contribution in [0.1, 0.15) is 46.1 Å². The van der Waals surface area contributed by atoms with Crippen molar-refractivity contribution in [2.24, 2.45) is 0 Å². The number of pyridine rings is 1. The molecule has 2 heterocycles. The van der Waals surface area contributed by atoms with Gasteiger partial charge in [0.2, 0.25) is 0 Å². The molecule has 0 spiro atoms. The Morgan fingerprint density at radius 1 is 1.00 bits per heavy atom. The van der Waals surface area contributed by atoms with Crippen molar-refractivity contribution in [2.75, 3.05) is 25.0 Å². The number of piperidine rings is 1. The molecule has 3 aromatic rings. The second-order valence-electron chi connectivity index (χ2n) is 8.47. The molecule has 0 bridgehead atoms. The number of hydrogen-bond acceptors (Lipinski definition) is 4. The van der Waals surface area contributed by atoms with Crippen molar-refractivity contribution in [1.29, 1.82) is 0 Å². The summed E-state index contributed by atoms with van der Waals surface area (Å²) >= 11 is 0. The second-order valence-corrected chi connectivity index (χ2v) is 8.47. The fourth-order valence-electron chi connectivity index (χ4n) is 4.16. The lowest BCUT2D eigenvalue weighted by molar-refractivity contribution is -0.134. The molecule has 4 rings (SSSR count). The van der Waals surface area contributed by atoms with E-state index in [9.17, 15) is 9.59 Å². The van der Waals surface area contributed by atoms with Gasteiger partial charge in [0.25, 0.3) is 11.8 Å². The molecule has 6 heteroatoms. The van der Waals surface area contributed by atoms with E-state index in [0.29, 0.717) is 24.4 Å². The van der Waals surface area contributed by atoms with Crippen LogP contribution in [0.2, 0.25) is 0 Å². The lowest BCUT2D eigenvalue weighted by Crippen LogP contribution is -2.40. The highest BCUT2D eigenvalue weighted by Gasteiger charge is 2.28. The maximum absolute atomic E-state index is 13.1. The zero-order chi connectivity index (χ0) is 23.2. The van der Waals surface area contributed by atoms with Crippen LogP contribution in [0, 0.1) is 13.8 Å². The number of ether oxygens (including phenoxy) is 1. The van der Waals surface area contributed by atoms with Gasteiger partial charge in [-0.25, -0.2) is 0 Å². The van der Waals surface area contributed by atoms with Crippen molar-refractivity contribution in [3.05, 3.63) is 89.2 Å². The number of hydrogen-bond donors (Lipinski definition) is 1. The zero-order valence-electron chi connectivity index (χ0n) is 19.1. The van der Waals surface area contributed by atoms with Gasteiger partial charge in [0.15, 0.2) is 6.61 Å². The van der Waals surface area contributed by atoms with Gasteiger partial charge in [-0.15, -0.1) is 0 Å². The van der Waals surface area contributed by atoms with Crippen LogP contribution >= 0.6 is 0 Å². The van der Waals surface area contributed by atoms with Gasteiger partial charge in [0, 0.05) is 30.4 Å². The minimum atomic E-state index is -0.155. The topological polar surface area (TPSA) is 71.5 Å². The summed E-state index contributed by atoms with van der Waals surface area (Å²) in [5.41, 5.74) is 4.15. The number of carbonyl (C=O) groups is 2. The molecule has 1 N–H and O–H groups in total. The third-order valence-corrected chi connectivity index (χ3v) is 5.92. The Morgan fingerprint density at radius 2 is 1.76 bits per heavy atom. The monoisotopic (exact) mass is 443 g/mol. The lowest BCUT2D eigenvalue weighted by Gasteiger charge is -2.32. The van der Waals surface area contributed by atoms with Crippen molar-refractivity contribution in [3.8, 4) is 5.75 Å². The molecule has 1 aliphatic rings. The standard InChI is InChI=1S/C27H29N3O3/c1-19-7-6-8-22(17-19)29-27(32)24-12-11-20(2)28-26(24)21-13-15-30(16-14-21)25(31)18-33-23-9-4-3-5-10-23/h3-12,17,21H,13-16,18H2,1-2H3,(H,29,32). The van der Waals surface area contributed by atoms with Crippen LogP contribution < -0.4 is 10.1 Å². The summed E-state index contributed by atoms with van der Waals surface area (Å²) < 4.78 is 5.61. The second kappa shape index (κ2) is 10.3. The van der Waals surface area contributed by atoms with E-state index in [-0.39, 0.29) is 24.3 Å². The van der Waals surface area contributed by atoms with Crippen LogP contribution in [0.15, 0.2) is 66.7 Å².